The maximum Gasteiger partial charge on any atom is 0.282 e. The summed E-state index contributed by atoms with van der Waals surface area (Å²) in [5.41, 5.74) is 0.983. The Morgan fingerprint density at radius 3 is 1.63 bits per heavy atom. The highest BCUT2D eigenvalue weighted by Crippen LogP contribution is 2.30. The summed E-state index contributed by atoms with van der Waals surface area (Å²) in [7, 11) is 0. The summed E-state index contributed by atoms with van der Waals surface area (Å²) < 4.78 is 18.6. The number of imidazole rings is 2. The number of hydrogen-bond acceptors (Lipinski definition) is 11. The van der Waals surface area contributed by atoms with E-state index >= 15 is 0 Å². The average Bonchev–Trinajstić information content (AvgIpc) is 3.91. The number of anilines is 2. The summed E-state index contributed by atoms with van der Waals surface area (Å²) in [5.74, 6) is 4.82. The third kappa shape index (κ3) is 7.32. The van der Waals surface area contributed by atoms with Crippen LogP contribution in [-0.4, -0.2) is 90.9 Å². The second-order valence-electron chi connectivity index (χ2n) is 14.8. The molecule has 0 saturated carbocycles. The van der Waals surface area contributed by atoms with Gasteiger partial charge in [0.1, 0.15) is 21.4 Å². The van der Waals surface area contributed by atoms with Crippen LogP contribution in [-0.2, 0) is 22.6 Å². The molecule has 16 heteroatoms. The Labute approximate surface area is 318 Å². The number of nitrogens with zero attached hydrogens (tertiary/aromatic N) is 11. The number of rotatable bonds is 8. The minimum Gasteiger partial charge on any atom is -0.381 e. The topological polar surface area (TPSA) is 153 Å². The molecule has 0 atom stereocenters. The maximum atomic E-state index is 13.0. The van der Waals surface area contributed by atoms with Crippen LogP contribution in [0.1, 0.15) is 103 Å². The van der Waals surface area contributed by atoms with Gasteiger partial charge in [-0.15, -0.1) is 10.2 Å². The predicted octanol–water partition coefficient (Wildman–Crippen LogP) is 4.41. The SMILES string of the molecule is C.CC(C)CCN1CCn2c1nn1c(C3CCOCC3)nc(C#N)c1c2=O.CC(C)CCN1CCn2c1nn1c(C3CCOCC3)nc(I)c1c2=O. The fraction of sp³-hybridized carbons (Fsp3) is 0.694. The van der Waals surface area contributed by atoms with Gasteiger partial charge in [-0.3, -0.25) is 18.7 Å². The maximum absolute atomic E-state index is 13.0. The molecule has 2 fully saturated rings. The number of ether oxygens (including phenoxy) is 2. The van der Waals surface area contributed by atoms with E-state index in [9.17, 15) is 14.9 Å². The fourth-order valence-corrected chi connectivity index (χ4v) is 8.12. The molecule has 4 aromatic rings. The molecule has 8 heterocycles. The van der Waals surface area contributed by atoms with Crippen molar-refractivity contribution >= 4 is 45.5 Å². The van der Waals surface area contributed by atoms with E-state index in [0.29, 0.717) is 61.0 Å². The highest BCUT2D eigenvalue weighted by atomic mass is 127. The van der Waals surface area contributed by atoms with Crippen LogP contribution in [0.15, 0.2) is 9.59 Å². The zero-order valence-corrected chi connectivity index (χ0v) is 32.2. The molecule has 4 aliphatic rings. The molecule has 2 saturated heterocycles. The number of nitriles is 1. The Morgan fingerprint density at radius 2 is 1.17 bits per heavy atom. The van der Waals surface area contributed by atoms with Gasteiger partial charge in [0, 0.05) is 77.5 Å². The molecule has 8 rings (SSSR count). The minimum absolute atomic E-state index is 0. The molecule has 0 N–H and O–H groups in total. The molecule has 0 amide bonds. The van der Waals surface area contributed by atoms with E-state index < -0.39 is 0 Å². The molecule has 0 radical (unpaired) electrons. The van der Waals surface area contributed by atoms with Gasteiger partial charge < -0.3 is 19.3 Å². The molecule has 0 bridgehead atoms. The van der Waals surface area contributed by atoms with Gasteiger partial charge >= 0.3 is 0 Å². The van der Waals surface area contributed by atoms with Crippen molar-refractivity contribution in [2.75, 3.05) is 62.4 Å². The highest BCUT2D eigenvalue weighted by Gasteiger charge is 2.31. The van der Waals surface area contributed by atoms with Gasteiger partial charge in [-0.05, 0) is 73.0 Å². The van der Waals surface area contributed by atoms with Crippen molar-refractivity contribution in [2.24, 2.45) is 11.8 Å². The van der Waals surface area contributed by atoms with E-state index in [2.05, 4.69) is 71.1 Å². The quantitative estimate of drug-likeness (QED) is 0.232. The van der Waals surface area contributed by atoms with Crippen LogP contribution >= 0.6 is 22.6 Å². The Bertz CT molecular complexity index is 2050. The monoisotopic (exact) mass is 829 g/mol. The average molecular weight is 830 g/mol. The first-order chi connectivity index (χ1) is 24.7. The van der Waals surface area contributed by atoms with Gasteiger partial charge in [0.15, 0.2) is 16.7 Å². The molecule has 4 aliphatic heterocycles. The smallest absolute Gasteiger partial charge is 0.282 e. The molecule has 52 heavy (non-hydrogen) atoms. The van der Waals surface area contributed by atoms with E-state index in [1.165, 1.54) is 0 Å². The predicted molar refractivity (Wildman–Crippen MR) is 208 cm³/mol. The van der Waals surface area contributed by atoms with E-state index in [-0.39, 0.29) is 30.2 Å². The van der Waals surface area contributed by atoms with Gasteiger partial charge in [0.2, 0.25) is 11.9 Å². The van der Waals surface area contributed by atoms with Crippen molar-refractivity contribution in [1.29, 1.82) is 5.26 Å². The van der Waals surface area contributed by atoms with Gasteiger partial charge in [0.05, 0.1) is 0 Å². The lowest BCUT2D eigenvalue weighted by Gasteiger charge is -2.21. The largest absolute Gasteiger partial charge is 0.381 e. The molecule has 282 valence electrons. The fourth-order valence-electron chi connectivity index (χ4n) is 7.41. The Morgan fingerprint density at radius 1 is 0.731 bits per heavy atom. The zero-order chi connectivity index (χ0) is 35.8. The summed E-state index contributed by atoms with van der Waals surface area (Å²) in [4.78, 5) is 39.7. The first-order valence-corrected chi connectivity index (χ1v) is 19.5. The van der Waals surface area contributed by atoms with Crippen LogP contribution in [0.3, 0.4) is 0 Å². The van der Waals surface area contributed by atoms with Gasteiger partial charge in [0.25, 0.3) is 11.1 Å². The zero-order valence-electron chi connectivity index (χ0n) is 30.1. The second-order valence-corrected chi connectivity index (χ2v) is 15.9. The van der Waals surface area contributed by atoms with Gasteiger partial charge in [-0.1, -0.05) is 35.1 Å². The van der Waals surface area contributed by atoms with Crippen molar-refractivity contribution in [3.63, 3.8) is 0 Å². The first-order valence-electron chi connectivity index (χ1n) is 18.4. The summed E-state index contributed by atoms with van der Waals surface area (Å²) in [6.45, 7) is 16.5. The second kappa shape index (κ2) is 16.2. The van der Waals surface area contributed by atoms with Gasteiger partial charge in [-0.25, -0.2) is 19.0 Å². The molecular weight excluding hydrogens is 777 g/mol. The lowest BCUT2D eigenvalue weighted by Crippen LogP contribution is -2.27. The Hall–Kier alpha value is -3.56. The molecule has 0 unspecified atom stereocenters. The number of hydrogen-bond donors (Lipinski definition) is 0. The number of halogens is 1. The van der Waals surface area contributed by atoms with Crippen molar-refractivity contribution in [2.45, 2.75) is 98.6 Å². The van der Waals surface area contributed by atoms with Crippen LogP contribution in [0.5, 0.6) is 0 Å². The van der Waals surface area contributed by atoms with Crippen LogP contribution in [0, 0.1) is 26.9 Å². The Balaban J connectivity index is 0.000000175. The lowest BCUT2D eigenvalue weighted by atomic mass is 10.00. The van der Waals surface area contributed by atoms with E-state index in [1.54, 1.807) is 9.08 Å². The normalized spacial score (nSPS) is 17.8. The third-order valence-electron chi connectivity index (χ3n) is 10.5. The summed E-state index contributed by atoms with van der Waals surface area (Å²) in [5, 5.41) is 19.1. The molecule has 0 aliphatic carbocycles. The van der Waals surface area contributed by atoms with E-state index in [1.807, 2.05) is 9.08 Å². The van der Waals surface area contributed by atoms with Crippen molar-refractivity contribution < 1.29 is 9.47 Å². The highest BCUT2D eigenvalue weighted by molar-refractivity contribution is 14.1. The van der Waals surface area contributed by atoms with Crippen LogP contribution in [0.4, 0.5) is 11.9 Å². The van der Waals surface area contributed by atoms with E-state index in [4.69, 9.17) is 24.7 Å². The number of aromatic nitrogens is 8. The Kier molecular flexibility index (Phi) is 11.9. The lowest BCUT2D eigenvalue weighted by molar-refractivity contribution is 0.0831. The standard InChI is InChI=1S/C18H24N6O2.C17H24IN5O2.CH4/c1-12(2)3-6-22-7-8-23-17(25)15-14(11-19)20-16(24(15)21-18(22)23)13-4-9-26-10-5-13;1-11(2)3-6-21-7-8-22-16(24)13-14(18)19-15(23(13)20-17(21)22)12-4-9-25-10-5-12;/h12-13H,3-10H2,1-2H3;11-12H,3-10H2,1-2H3;1H4. The summed E-state index contributed by atoms with van der Waals surface area (Å²) >= 11 is 2.17. The van der Waals surface area contributed by atoms with Crippen LogP contribution in [0.2, 0.25) is 0 Å². The van der Waals surface area contributed by atoms with Crippen molar-refractivity contribution in [3.05, 3.63) is 41.8 Å². The summed E-state index contributed by atoms with van der Waals surface area (Å²) in [6.07, 6.45) is 5.69. The minimum atomic E-state index is -0.163. The van der Waals surface area contributed by atoms with Crippen LogP contribution in [0.25, 0.3) is 11.0 Å². The van der Waals surface area contributed by atoms with Crippen molar-refractivity contribution in [1.82, 2.24) is 38.3 Å². The third-order valence-corrected chi connectivity index (χ3v) is 11.2. The molecule has 0 spiro atoms. The van der Waals surface area contributed by atoms with Gasteiger partial charge in [-0.2, -0.15) is 5.26 Å². The van der Waals surface area contributed by atoms with E-state index in [0.717, 1.165) is 99.2 Å². The first kappa shape index (κ1) is 38.2. The summed E-state index contributed by atoms with van der Waals surface area (Å²) in [6, 6.07) is 2.08. The van der Waals surface area contributed by atoms with Crippen LogP contribution < -0.4 is 20.9 Å². The molecule has 15 nitrogen and oxygen atoms in total. The molecule has 4 aromatic heterocycles. The molecular formula is C36H52IN11O4. The van der Waals surface area contributed by atoms with Crippen molar-refractivity contribution in [3.8, 4) is 6.07 Å². The molecule has 0 aromatic carbocycles. The number of fused-ring (bicyclic) bond motifs is 4.